The van der Waals surface area contributed by atoms with Gasteiger partial charge in [-0.15, -0.1) is 0 Å². The zero-order valence-corrected chi connectivity index (χ0v) is 18.4. The fraction of sp³-hybridized carbons (Fsp3) is 0.391. The van der Waals surface area contributed by atoms with Gasteiger partial charge in [-0.05, 0) is 45.5 Å². The molecule has 2 aliphatic rings. The summed E-state index contributed by atoms with van der Waals surface area (Å²) in [6, 6.07) is 7.04. The number of hydrogen-bond donors (Lipinski definition) is 1. The molecule has 0 aliphatic carbocycles. The van der Waals surface area contributed by atoms with E-state index in [1.54, 1.807) is 29.2 Å². The second kappa shape index (κ2) is 9.96. The van der Waals surface area contributed by atoms with E-state index in [0.29, 0.717) is 35.2 Å². The van der Waals surface area contributed by atoms with Crippen molar-refractivity contribution >= 4 is 29.1 Å². The number of allylic oxidation sites excluding steroid dienone is 1. The Morgan fingerprint density at radius 2 is 2.03 bits per heavy atom. The average Bonchev–Trinajstić information content (AvgIpc) is 2.67. The van der Waals surface area contributed by atoms with E-state index in [1.165, 1.54) is 6.42 Å². The van der Waals surface area contributed by atoms with Crippen molar-refractivity contribution in [1.29, 1.82) is 0 Å². The molecule has 0 spiro atoms. The number of nitrogens with zero attached hydrogens (tertiary/aromatic N) is 3. The number of nitrogens with one attached hydrogen (secondary N) is 1. The van der Waals surface area contributed by atoms with Crippen molar-refractivity contribution in [2.24, 2.45) is 0 Å². The number of carbonyl (C=O) groups excluding carboxylic acids is 2. The molecule has 1 aromatic rings. The lowest BCUT2D eigenvalue weighted by atomic mass is 10.1. The van der Waals surface area contributed by atoms with Gasteiger partial charge in [-0.1, -0.05) is 42.5 Å². The highest BCUT2D eigenvalue weighted by atomic mass is 35.5. The molecule has 3 rings (SSSR count). The number of carbonyl (C=O) groups is 2. The predicted octanol–water partition coefficient (Wildman–Crippen LogP) is 3.49. The third-order valence-corrected chi connectivity index (χ3v) is 5.74. The van der Waals surface area contributed by atoms with Crippen LogP contribution < -0.4 is 5.32 Å². The maximum absolute atomic E-state index is 12.9. The second-order valence-electron chi connectivity index (χ2n) is 7.67. The number of likely N-dealkylation sites (tertiary alicyclic amines) is 1. The second-order valence-corrected chi connectivity index (χ2v) is 8.08. The van der Waals surface area contributed by atoms with Gasteiger partial charge in [0.05, 0.1) is 17.3 Å². The molecular weight excluding hydrogens is 400 g/mol. The van der Waals surface area contributed by atoms with E-state index in [9.17, 15) is 9.59 Å². The monoisotopic (exact) mass is 428 g/mol. The van der Waals surface area contributed by atoms with Crippen molar-refractivity contribution in [3.05, 3.63) is 65.5 Å². The van der Waals surface area contributed by atoms with Gasteiger partial charge in [0.1, 0.15) is 5.70 Å². The van der Waals surface area contributed by atoms with Gasteiger partial charge in [0, 0.05) is 30.9 Å². The molecule has 30 heavy (non-hydrogen) atoms. The van der Waals surface area contributed by atoms with Crippen molar-refractivity contribution in [2.75, 3.05) is 38.0 Å². The highest BCUT2D eigenvalue weighted by Crippen LogP contribution is 2.26. The van der Waals surface area contributed by atoms with Crippen molar-refractivity contribution in [1.82, 2.24) is 14.7 Å². The minimum Gasteiger partial charge on any atom is -0.335 e. The van der Waals surface area contributed by atoms with Crippen LogP contribution in [0, 0.1) is 0 Å². The molecule has 1 N–H and O–H groups in total. The lowest BCUT2D eigenvalue weighted by Gasteiger charge is -2.43. The molecule has 160 valence electrons. The maximum Gasteiger partial charge on any atom is 0.271 e. The predicted molar refractivity (Wildman–Crippen MR) is 121 cm³/mol. The van der Waals surface area contributed by atoms with Crippen LogP contribution in [0.3, 0.4) is 0 Å². The summed E-state index contributed by atoms with van der Waals surface area (Å²) in [4.78, 5) is 31.5. The third-order valence-electron chi connectivity index (χ3n) is 5.41. The van der Waals surface area contributed by atoms with Crippen molar-refractivity contribution in [3.63, 3.8) is 0 Å². The Hall–Kier alpha value is -2.57. The van der Waals surface area contributed by atoms with E-state index in [1.807, 2.05) is 37.0 Å². The van der Waals surface area contributed by atoms with Crippen LogP contribution in [0.5, 0.6) is 0 Å². The van der Waals surface area contributed by atoms with Crippen LogP contribution in [0.25, 0.3) is 0 Å². The number of rotatable bonds is 6. The van der Waals surface area contributed by atoms with Crippen molar-refractivity contribution in [3.8, 4) is 0 Å². The Kier molecular flexibility index (Phi) is 7.34. The Labute approximate surface area is 183 Å². The van der Waals surface area contributed by atoms with Crippen molar-refractivity contribution in [2.45, 2.75) is 26.3 Å². The zero-order valence-electron chi connectivity index (χ0n) is 17.6. The molecule has 0 radical (unpaired) electrons. The van der Waals surface area contributed by atoms with Gasteiger partial charge >= 0.3 is 0 Å². The number of hydrogen-bond acceptors (Lipinski definition) is 4. The molecule has 7 heteroatoms. The van der Waals surface area contributed by atoms with E-state index in [2.05, 4.69) is 16.8 Å². The summed E-state index contributed by atoms with van der Waals surface area (Å²) in [5.74, 6) is -0.279. The number of halogens is 1. The Bertz CT molecular complexity index is 876. The normalized spacial score (nSPS) is 20.4. The molecule has 2 saturated heterocycles. The first-order valence-electron chi connectivity index (χ1n) is 10.3. The van der Waals surface area contributed by atoms with Crippen LogP contribution in [0.1, 0.15) is 20.3 Å². The highest BCUT2D eigenvalue weighted by molar-refractivity contribution is 6.33. The summed E-state index contributed by atoms with van der Waals surface area (Å²) in [5.41, 5.74) is 1.76. The van der Waals surface area contributed by atoms with Gasteiger partial charge in [0.2, 0.25) is 5.91 Å². The minimum atomic E-state index is -0.257. The van der Waals surface area contributed by atoms with E-state index in [-0.39, 0.29) is 17.9 Å². The lowest BCUT2D eigenvalue weighted by Crippen LogP contribution is -2.52. The Morgan fingerprint density at radius 3 is 2.63 bits per heavy atom. The first-order valence-corrected chi connectivity index (χ1v) is 10.7. The third kappa shape index (κ3) is 5.12. The van der Waals surface area contributed by atoms with E-state index < -0.39 is 0 Å². The van der Waals surface area contributed by atoms with Crippen molar-refractivity contribution < 1.29 is 9.59 Å². The summed E-state index contributed by atoms with van der Waals surface area (Å²) in [6.07, 6.45) is 6.57. The summed E-state index contributed by atoms with van der Waals surface area (Å²) in [5, 5.41) is 3.34. The summed E-state index contributed by atoms with van der Waals surface area (Å²) >= 11 is 6.17. The van der Waals surface area contributed by atoms with Gasteiger partial charge in [0.25, 0.3) is 5.91 Å². The number of piperazine rings is 1. The van der Waals surface area contributed by atoms with Crippen LogP contribution in [-0.2, 0) is 9.59 Å². The first-order chi connectivity index (χ1) is 14.4. The van der Waals surface area contributed by atoms with Gasteiger partial charge < -0.3 is 15.1 Å². The molecule has 1 aromatic carbocycles. The van der Waals surface area contributed by atoms with Crippen LogP contribution in [0.2, 0.25) is 5.02 Å². The summed E-state index contributed by atoms with van der Waals surface area (Å²) in [7, 11) is 0. The number of amides is 2. The SMILES string of the molecule is C=C1CN(C(=O)/C=C/CN2CCC2)C[C@@H](C)N1/C(=C\C)C(=O)Nc1ccccc1Cl. The lowest BCUT2D eigenvalue weighted by molar-refractivity contribution is -0.127. The number of para-hydroxylation sites is 1. The Morgan fingerprint density at radius 1 is 1.30 bits per heavy atom. The van der Waals surface area contributed by atoms with E-state index >= 15 is 0 Å². The summed E-state index contributed by atoms with van der Waals surface area (Å²) in [6.45, 7) is 11.9. The molecule has 2 heterocycles. The molecule has 0 saturated carbocycles. The van der Waals surface area contributed by atoms with Gasteiger partial charge in [-0.3, -0.25) is 14.5 Å². The fourth-order valence-corrected chi connectivity index (χ4v) is 3.93. The Balaban J connectivity index is 1.63. The quantitative estimate of drug-likeness (QED) is 0.704. The molecule has 2 fully saturated rings. The number of anilines is 1. The molecule has 6 nitrogen and oxygen atoms in total. The summed E-state index contributed by atoms with van der Waals surface area (Å²) < 4.78 is 0. The smallest absolute Gasteiger partial charge is 0.271 e. The van der Waals surface area contributed by atoms with Crippen LogP contribution in [0.15, 0.2) is 60.5 Å². The minimum absolute atomic E-state index is 0.0225. The largest absolute Gasteiger partial charge is 0.335 e. The molecular formula is C23H29ClN4O2. The topological polar surface area (TPSA) is 55.9 Å². The molecule has 2 amide bonds. The van der Waals surface area contributed by atoms with Crippen LogP contribution in [-0.4, -0.2) is 65.3 Å². The molecule has 0 aromatic heterocycles. The molecule has 0 bridgehead atoms. The maximum atomic E-state index is 12.9. The van der Waals surface area contributed by atoms with E-state index in [0.717, 1.165) is 19.6 Å². The average molecular weight is 429 g/mol. The van der Waals surface area contributed by atoms with Crippen LogP contribution in [0.4, 0.5) is 5.69 Å². The number of benzene rings is 1. The standard InChI is InChI=1S/C23H29ClN4O2/c1-4-21(23(30)25-20-10-6-5-9-19(20)24)28-17(2)15-27(16-18(28)3)22(29)11-7-12-26-13-8-14-26/h4-7,9-11,18H,2,8,12-16H2,1,3H3,(H,25,30)/b11-7+,21-4-/t18-/m1/s1. The highest BCUT2D eigenvalue weighted by Gasteiger charge is 2.32. The first kappa shape index (κ1) is 22.1. The van der Waals surface area contributed by atoms with Gasteiger partial charge in [-0.25, -0.2) is 0 Å². The van der Waals surface area contributed by atoms with Gasteiger partial charge in [0.15, 0.2) is 0 Å². The van der Waals surface area contributed by atoms with Gasteiger partial charge in [-0.2, -0.15) is 0 Å². The van der Waals surface area contributed by atoms with Crippen LogP contribution >= 0.6 is 11.6 Å². The zero-order chi connectivity index (χ0) is 21.7. The molecule has 1 atom stereocenters. The fourth-order valence-electron chi connectivity index (χ4n) is 3.75. The van der Waals surface area contributed by atoms with E-state index in [4.69, 9.17) is 11.6 Å². The molecule has 0 unspecified atom stereocenters. The molecule has 2 aliphatic heterocycles.